The van der Waals surface area contributed by atoms with Crippen LogP contribution in [0.3, 0.4) is 0 Å². The highest BCUT2D eigenvalue weighted by molar-refractivity contribution is 5.45. The molecule has 0 fully saturated rings. The van der Waals surface area contributed by atoms with Crippen molar-refractivity contribution >= 4 is 0 Å². The Morgan fingerprint density at radius 3 is 3.10 bits per heavy atom. The third-order valence-electron chi connectivity index (χ3n) is 3.54. The van der Waals surface area contributed by atoms with Gasteiger partial charge in [0.2, 0.25) is 0 Å². The van der Waals surface area contributed by atoms with Gasteiger partial charge in [-0.3, -0.25) is 0 Å². The number of allylic oxidation sites excluding steroid dienone is 1. The highest BCUT2D eigenvalue weighted by Gasteiger charge is 2.23. The van der Waals surface area contributed by atoms with Crippen LogP contribution in [0.1, 0.15) is 44.2 Å². The Hall–Kier alpha value is -1.48. The van der Waals surface area contributed by atoms with Crippen LogP contribution in [0.4, 0.5) is 0 Å². The molecule has 0 bridgehead atoms. The molecule has 1 aliphatic rings. The summed E-state index contributed by atoms with van der Waals surface area (Å²) in [7, 11) is 0. The van der Waals surface area contributed by atoms with E-state index in [1.807, 2.05) is 18.2 Å². The highest BCUT2D eigenvalue weighted by Crippen LogP contribution is 2.35. The van der Waals surface area contributed by atoms with Crippen LogP contribution in [-0.2, 0) is 0 Å². The number of benzene rings is 1. The Kier molecular flexibility index (Phi) is 5.93. The third-order valence-corrected chi connectivity index (χ3v) is 3.54. The number of likely N-dealkylation sites (N-methyl/N-ethyl adjacent to an activating group) is 1. The van der Waals surface area contributed by atoms with Crippen molar-refractivity contribution in [1.82, 2.24) is 5.32 Å². The fraction of sp³-hybridized carbons (Fsp3) is 0.529. The van der Waals surface area contributed by atoms with E-state index in [0.717, 1.165) is 37.5 Å². The first-order valence-electron chi connectivity index (χ1n) is 7.59. The molecule has 0 aromatic heterocycles. The molecule has 110 valence electrons. The molecule has 1 unspecified atom stereocenters. The summed E-state index contributed by atoms with van der Waals surface area (Å²) in [6.07, 6.45) is 6.55. The zero-order valence-corrected chi connectivity index (χ0v) is 12.4. The van der Waals surface area contributed by atoms with Gasteiger partial charge in [0.05, 0.1) is 12.6 Å². The molecule has 0 amide bonds. The van der Waals surface area contributed by atoms with E-state index in [-0.39, 0.29) is 0 Å². The molecule has 0 saturated heterocycles. The SMILES string of the molecule is C=CCCCCCOc1ccc2c(c1)OCC2NCC. The molecule has 1 atom stereocenters. The average Bonchev–Trinajstić information content (AvgIpc) is 2.86. The molecule has 1 aromatic rings. The summed E-state index contributed by atoms with van der Waals surface area (Å²) in [6, 6.07) is 6.49. The van der Waals surface area contributed by atoms with Crippen molar-refractivity contribution in [2.24, 2.45) is 0 Å². The van der Waals surface area contributed by atoms with Crippen LogP contribution in [0.15, 0.2) is 30.9 Å². The number of ether oxygens (including phenoxy) is 2. The Morgan fingerprint density at radius 1 is 1.40 bits per heavy atom. The van der Waals surface area contributed by atoms with Crippen LogP contribution in [0.2, 0.25) is 0 Å². The minimum atomic E-state index is 0.322. The normalized spacial score (nSPS) is 16.6. The molecular formula is C17H25NO2. The molecule has 1 N–H and O–H groups in total. The van der Waals surface area contributed by atoms with E-state index in [4.69, 9.17) is 9.47 Å². The number of fused-ring (bicyclic) bond motifs is 1. The summed E-state index contributed by atoms with van der Waals surface area (Å²) in [4.78, 5) is 0. The highest BCUT2D eigenvalue weighted by atomic mass is 16.5. The number of hydrogen-bond donors (Lipinski definition) is 1. The first-order chi connectivity index (χ1) is 9.85. The van der Waals surface area contributed by atoms with Crippen molar-refractivity contribution in [3.8, 4) is 11.5 Å². The van der Waals surface area contributed by atoms with Crippen molar-refractivity contribution in [1.29, 1.82) is 0 Å². The number of nitrogens with one attached hydrogen (secondary N) is 1. The summed E-state index contributed by atoms with van der Waals surface area (Å²) in [5.41, 5.74) is 1.24. The van der Waals surface area contributed by atoms with Gasteiger partial charge in [-0.2, -0.15) is 0 Å². The lowest BCUT2D eigenvalue weighted by molar-refractivity contribution is 0.297. The van der Waals surface area contributed by atoms with Gasteiger partial charge in [0.1, 0.15) is 18.1 Å². The van der Waals surface area contributed by atoms with Crippen molar-refractivity contribution in [2.45, 2.75) is 38.6 Å². The number of hydrogen-bond acceptors (Lipinski definition) is 3. The molecule has 0 radical (unpaired) electrons. The second-order valence-electron chi connectivity index (χ2n) is 5.11. The lowest BCUT2D eigenvalue weighted by Crippen LogP contribution is -2.21. The van der Waals surface area contributed by atoms with E-state index in [1.54, 1.807) is 0 Å². The Labute approximate surface area is 122 Å². The number of rotatable bonds is 9. The Bertz CT molecular complexity index is 431. The average molecular weight is 275 g/mol. The van der Waals surface area contributed by atoms with Crippen LogP contribution in [-0.4, -0.2) is 19.8 Å². The Morgan fingerprint density at radius 2 is 2.30 bits per heavy atom. The maximum atomic E-state index is 5.78. The van der Waals surface area contributed by atoms with Crippen molar-refractivity contribution in [3.63, 3.8) is 0 Å². The van der Waals surface area contributed by atoms with E-state index in [0.29, 0.717) is 12.6 Å². The van der Waals surface area contributed by atoms with E-state index in [9.17, 15) is 0 Å². The maximum Gasteiger partial charge on any atom is 0.127 e. The van der Waals surface area contributed by atoms with E-state index in [2.05, 4.69) is 24.9 Å². The fourth-order valence-corrected chi connectivity index (χ4v) is 2.45. The zero-order valence-electron chi connectivity index (χ0n) is 12.4. The van der Waals surface area contributed by atoms with E-state index >= 15 is 0 Å². The topological polar surface area (TPSA) is 30.5 Å². The molecule has 2 rings (SSSR count). The minimum absolute atomic E-state index is 0.322. The van der Waals surface area contributed by atoms with Gasteiger partial charge in [-0.25, -0.2) is 0 Å². The van der Waals surface area contributed by atoms with Gasteiger partial charge < -0.3 is 14.8 Å². The summed E-state index contributed by atoms with van der Waals surface area (Å²) in [5.74, 6) is 1.87. The molecule has 1 aliphatic heterocycles. The monoisotopic (exact) mass is 275 g/mol. The molecule has 1 heterocycles. The van der Waals surface area contributed by atoms with Gasteiger partial charge >= 0.3 is 0 Å². The van der Waals surface area contributed by atoms with E-state index < -0.39 is 0 Å². The van der Waals surface area contributed by atoms with Gasteiger partial charge in [0.25, 0.3) is 0 Å². The summed E-state index contributed by atoms with van der Waals surface area (Å²) >= 11 is 0. The van der Waals surface area contributed by atoms with Crippen LogP contribution in [0, 0.1) is 0 Å². The molecule has 0 saturated carbocycles. The molecular weight excluding hydrogens is 250 g/mol. The van der Waals surface area contributed by atoms with Crippen LogP contribution >= 0.6 is 0 Å². The minimum Gasteiger partial charge on any atom is -0.493 e. The lowest BCUT2D eigenvalue weighted by atomic mass is 10.1. The quantitative estimate of drug-likeness (QED) is 0.548. The molecule has 3 heteroatoms. The van der Waals surface area contributed by atoms with Crippen LogP contribution in [0.5, 0.6) is 11.5 Å². The molecule has 1 aromatic carbocycles. The number of unbranched alkanes of at least 4 members (excludes halogenated alkanes) is 3. The van der Waals surface area contributed by atoms with Crippen molar-refractivity contribution in [2.75, 3.05) is 19.8 Å². The summed E-state index contributed by atoms with van der Waals surface area (Å²) in [5, 5.41) is 3.42. The second-order valence-corrected chi connectivity index (χ2v) is 5.11. The Balaban J connectivity index is 1.78. The molecule has 0 aliphatic carbocycles. The fourth-order valence-electron chi connectivity index (χ4n) is 2.45. The third kappa shape index (κ3) is 4.01. The molecule has 0 spiro atoms. The van der Waals surface area contributed by atoms with E-state index in [1.165, 1.54) is 18.4 Å². The van der Waals surface area contributed by atoms with Crippen LogP contribution in [0.25, 0.3) is 0 Å². The summed E-state index contributed by atoms with van der Waals surface area (Å²) in [6.45, 7) is 8.28. The first kappa shape index (κ1) is 14.9. The van der Waals surface area contributed by atoms with Gasteiger partial charge in [-0.05, 0) is 44.4 Å². The molecule has 20 heavy (non-hydrogen) atoms. The van der Waals surface area contributed by atoms with Gasteiger partial charge in [-0.1, -0.05) is 13.0 Å². The predicted octanol–water partition coefficient (Wildman–Crippen LogP) is 3.85. The van der Waals surface area contributed by atoms with Gasteiger partial charge in [0, 0.05) is 11.6 Å². The zero-order chi connectivity index (χ0) is 14.2. The van der Waals surface area contributed by atoms with Crippen LogP contribution < -0.4 is 14.8 Å². The lowest BCUT2D eigenvalue weighted by Gasteiger charge is -2.10. The summed E-state index contributed by atoms with van der Waals surface area (Å²) < 4.78 is 11.5. The van der Waals surface area contributed by atoms with Gasteiger partial charge in [0.15, 0.2) is 0 Å². The first-order valence-corrected chi connectivity index (χ1v) is 7.59. The predicted molar refractivity (Wildman–Crippen MR) is 82.5 cm³/mol. The van der Waals surface area contributed by atoms with Gasteiger partial charge in [-0.15, -0.1) is 6.58 Å². The second kappa shape index (κ2) is 7.95. The standard InChI is InChI=1S/C17H25NO2/c1-3-5-6-7-8-11-19-14-9-10-15-16(18-4-2)13-20-17(15)12-14/h3,9-10,12,16,18H,1,4-8,11,13H2,2H3. The maximum absolute atomic E-state index is 5.78. The largest absolute Gasteiger partial charge is 0.493 e. The van der Waals surface area contributed by atoms with Crippen molar-refractivity contribution < 1.29 is 9.47 Å². The van der Waals surface area contributed by atoms with Crippen molar-refractivity contribution in [3.05, 3.63) is 36.4 Å². The molecule has 3 nitrogen and oxygen atoms in total. The smallest absolute Gasteiger partial charge is 0.127 e.